The lowest BCUT2D eigenvalue weighted by Gasteiger charge is -2.39. The second-order valence-electron chi connectivity index (χ2n) is 7.66. The van der Waals surface area contributed by atoms with Gasteiger partial charge in [-0.2, -0.15) is 0 Å². The van der Waals surface area contributed by atoms with Gasteiger partial charge in [0.2, 0.25) is 5.91 Å². The molecule has 2 aromatic carbocycles. The van der Waals surface area contributed by atoms with Crippen LogP contribution in [0.1, 0.15) is 38.2 Å². The fourth-order valence-electron chi connectivity index (χ4n) is 3.99. The topological polar surface area (TPSA) is 38.8 Å². The lowest BCUT2D eigenvalue weighted by molar-refractivity contribution is -0.148. The van der Waals surface area contributed by atoms with Crippen molar-refractivity contribution in [1.82, 2.24) is 4.90 Å². The lowest BCUT2D eigenvalue weighted by atomic mass is 9.86. The number of ether oxygens (including phenoxy) is 2. The molecule has 1 spiro atoms. The van der Waals surface area contributed by atoms with E-state index >= 15 is 0 Å². The molecule has 4 nitrogen and oxygen atoms in total. The molecule has 4 rings (SSSR count). The Labute approximate surface area is 165 Å². The maximum absolute atomic E-state index is 13.3. The van der Waals surface area contributed by atoms with Crippen molar-refractivity contribution in [2.24, 2.45) is 5.92 Å². The van der Waals surface area contributed by atoms with Crippen LogP contribution in [0.4, 0.5) is 0 Å². The number of carbonyl (C=O) groups is 1. The fraction of sp³-hybridized carbons (Fsp3) is 0.409. The van der Waals surface area contributed by atoms with Gasteiger partial charge in [-0.1, -0.05) is 49.7 Å². The number of hydrogen-bond acceptors (Lipinski definition) is 3. The minimum absolute atomic E-state index is 0.165. The fourth-order valence-corrected chi connectivity index (χ4v) is 4.12. The molecule has 1 fully saturated rings. The molecule has 2 heterocycles. The van der Waals surface area contributed by atoms with Crippen molar-refractivity contribution >= 4 is 17.5 Å². The van der Waals surface area contributed by atoms with E-state index in [1.807, 2.05) is 53.4 Å². The van der Waals surface area contributed by atoms with Crippen molar-refractivity contribution < 1.29 is 14.3 Å². The molecule has 2 aliphatic rings. The first-order valence-electron chi connectivity index (χ1n) is 9.49. The number of amides is 1. The minimum Gasteiger partial charge on any atom is -0.448 e. The van der Waals surface area contributed by atoms with Gasteiger partial charge in [0.05, 0.1) is 5.92 Å². The van der Waals surface area contributed by atoms with Crippen LogP contribution in [-0.2, 0) is 4.79 Å². The van der Waals surface area contributed by atoms with Gasteiger partial charge in [-0.05, 0) is 35.7 Å². The zero-order chi connectivity index (χ0) is 19.0. The van der Waals surface area contributed by atoms with Gasteiger partial charge in [0.25, 0.3) is 5.79 Å². The summed E-state index contributed by atoms with van der Waals surface area (Å²) >= 11 is 6.01. The van der Waals surface area contributed by atoms with E-state index in [9.17, 15) is 4.79 Å². The van der Waals surface area contributed by atoms with Gasteiger partial charge in [-0.25, -0.2) is 0 Å². The zero-order valence-corrected chi connectivity index (χ0v) is 16.4. The van der Waals surface area contributed by atoms with Gasteiger partial charge in [0.1, 0.15) is 0 Å². The SMILES string of the molecule is CC(C)C(C(=O)N1CCC2(CC1)Oc1ccccc1O2)c1ccc(Cl)cc1. The first-order chi connectivity index (χ1) is 13.0. The highest BCUT2D eigenvalue weighted by atomic mass is 35.5. The number of para-hydroxylation sites is 2. The smallest absolute Gasteiger partial charge is 0.255 e. The highest BCUT2D eigenvalue weighted by molar-refractivity contribution is 6.30. The molecule has 142 valence electrons. The summed E-state index contributed by atoms with van der Waals surface area (Å²) < 4.78 is 12.2. The van der Waals surface area contributed by atoms with E-state index in [-0.39, 0.29) is 17.7 Å². The standard InChI is InChI=1S/C22H24ClNO3/c1-15(2)20(16-7-9-17(23)10-8-16)21(25)24-13-11-22(12-14-24)26-18-5-3-4-6-19(18)27-22/h3-10,15,20H,11-14H2,1-2H3. The molecule has 2 aliphatic heterocycles. The number of halogens is 1. The molecule has 27 heavy (non-hydrogen) atoms. The molecule has 0 aromatic heterocycles. The number of likely N-dealkylation sites (tertiary alicyclic amines) is 1. The molecule has 0 aliphatic carbocycles. The Hall–Kier alpha value is -2.20. The molecular formula is C22H24ClNO3. The van der Waals surface area contributed by atoms with Crippen LogP contribution in [-0.4, -0.2) is 29.7 Å². The number of benzene rings is 2. The lowest BCUT2D eigenvalue weighted by Crippen LogP contribution is -2.52. The third-order valence-corrected chi connectivity index (χ3v) is 5.69. The Morgan fingerprint density at radius 1 is 1.00 bits per heavy atom. The average Bonchev–Trinajstić information content (AvgIpc) is 3.01. The molecule has 1 atom stereocenters. The molecule has 2 aromatic rings. The highest BCUT2D eigenvalue weighted by Crippen LogP contribution is 2.43. The van der Waals surface area contributed by atoms with E-state index in [1.54, 1.807) is 0 Å². The highest BCUT2D eigenvalue weighted by Gasteiger charge is 2.45. The molecule has 1 unspecified atom stereocenters. The van der Waals surface area contributed by atoms with Crippen molar-refractivity contribution in [3.05, 3.63) is 59.1 Å². The van der Waals surface area contributed by atoms with E-state index in [2.05, 4.69) is 13.8 Å². The summed E-state index contributed by atoms with van der Waals surface area (Å²) in [7, 11) is 0. The quantitative estimate of drug-likeness (QED) is 0.756. The van der Waals surface area contributed by atoms with Gasteiger partial charge in [0, 0.05) is 31.0 Å². The first-order valence-corrected chi connectivity index (χ1v) is 9.86. The first kappa shape index (κ1) is 18.2. The average molecular weight is 386 g/mol. The van der Waals surface area contributed by atoms with Crippen LogP contribution in [0.15, 0.2) is 48.5 Å². The molecule has 0 saturated carbocycles. The largest absolute Gasteiger partial charge is 0.448 e. The number of piperidine rings is 1. The third kappa shape index (κ3) is 3.51. The molecule has 0 radical (unpaired) electrons. The van der Waals surface area contributed by atoms with Crippen molar-refractivity contribution in [2.45, 2.75) is 38.4 Å². The van der Waals surface area contributed by atoms with Crippen LogP contribution in [0.25, 0.3) is 0 Å². The number of nitrogens with zero attached hydrogens (tertiary/aromatic N) is 1. The Morgan fingerprint density at radius 2 is 1.56 bits per heavy atom. The predicted octanol–water partition coefficient (Wildman–Crippen LogP) is 4.87. The summed E-state index contributed by atoms with van der Waals surface area (Å²) in [5.74, 6) is 1.15. The number of carbonyl (C=O) groups excluding carboxylic acids is 1. The van der Waals surface area contributed by atoms with E-state index in [0.717, 1.165) is 17.1 Å². The molecule has 5 heteroatoms. The van der Waals surface area contributed by atoms with Crippen molar-refractivity contribution in [3.63, 3.8) is 0 Å². The van der Waals surface area contributed by atoms with Crippen LogP contribution in [0.3, 0.4) is 0 Å². The van der Waals surface area contributed by atoms with Crippen LogP contribution < -0.4 is 9.47 Å². The number of fused-ring (bicyclic) bond motifs is 1. The number of rotatable bonds is 3. The van der Waals surface area contributed by atoms with Gasteiger partial charge in [-0.15, -0.1) is 0 Å². The summed E-state index contributed by atoms with van der Waals surface area (Å²) in [5, 5.41) is 0.684. The second kappa shape index (κ2) is 7.08. The Balaban J connectivity index is 1.46. The van der Waals surface area contributed by atoms with Gasteiger partial charge < -0.3 is 14.4 Å². The monoisotopic (exact) mass is 385 g/mol. The maximum atomic E-state index is 13.3. The summed E-state index contributed by atoms with van der Waals surface area (Å²) in [5.41, 5.74) is 1.01. The van der Waals surface area contributed by atoms with E-state index in [4.69, 9.17) is 21.1 Å². The number of hydrogen-bond donors (Lipinski definition) is 0. The van der Waals surface area contributed by atoms with Crippen molar-refractivity contribution in [3.8, 4) is 11.5 Å². The minimum atomic E-state index is -0.631. The van der Waals surface area contributed by atoms with Crippen molar-refractivity contribution in [2.75, 3.05) is 13.1 Å². The Morgan fingerprint density at radius 3 is 2.07 bits per heavy atom. The summed E-state index contributed by atoms with van der Waals surface area (Å²) in [6.07, 6.45) is 1.33. The summed E-state index contributed by atoms with van der Waals surface area (Å²) in [4.78, 5) is 15.2. The second-order valence-corrected chi connectivity index (χ2v) is 8.10. The predicted molar refractivity (Wildman–Crippen MR) is 105 cm³/mol. The molecular weight excluding hydrogens is 362 g/mol. The summed E-state index contributed by atoms with van der Waals surface area (Å²) in [6.45, 7) is 5.43. The molecule has 1 amide bonds. The third-order valence-electron chi connectivity index (χ3n) is 5.44. The molecule has 0 N–H and O–H groups in total. The van der Waals surface area contributed by atoms with Gasteiger partial charge in [-0.3, -0.25) is 4.79 Å². The van der Waals surface area contributed by atoms with Gasteiger partial charge in [0.15, 0.2) is 11.5 Å². The van der Waals surface area contributed by atoms with E-state index < -0.39 is 5.79 Å². The summed E-state index contributed by atoms with van der Waals surface area (Å²) in [6, 6.07) is 15.4. The Bertz CT molecular complexity index is 799. The van der Waals surface area contributed by atoms with Gasteiger partial charge >= 0.3 is 0 Å². The van der Waals surface area contributed by atoms with Crippen LogP contribution >= 0.6 is 11.6 Å². The normalized spacial score (nSPS) is 18.7. The van der Waals surface area contributed by atoms with Crippen LogP contribution in [0.2, 0.25) is 5.02 Å². The van der Waals surface area contributed by atoms with E-state index in [1.165, 1.54) is 0 Å². The van der Waals surface area contributed by atoms with Crippen LogP contribution in [0.5, 0.6) is 11.5 Å². The van der Waals surface area contributed by atoms with E-state index in [0.29, 0.717) is 31.0 Å². The van der Waals surface area contributed by atoms with Crippen molar-refractivity contribution in [1.29, 1.82) is 0 Å². The maximum Gasteiger partial charge on any atom is 0.255 e. The molecule has 1 saturated heterocycles. The Kier molecular flexibility index (Phi) is 4.77. The van der Waals surface area contributed by atoms with Crippen LogP contribution in [0, 0.1) is 5.92 Å². The zero-order valence-electron chi connectivity index (χ0n) is 15.7. The molecule has 0 bridgehead atoms.